The summed E-state index contributed by atoms with van der Waals surface area (Å²) < 4.78 is 10.3. The molecule has 0 spiro atoms. The van der Waals surface area contributed by atoms with Gasteiger partial charge in [-0.2, -0.15) is 0 Å². The van der Waals surface area contributed by atoms with Crippen LogP contribution in [0.25, 0.3) is 0 Å². The van der Waals surface area contributed by atoms with Gasteiger partial charge in [0.1, 0.15) is 5.69 Å². The Labute approximate surface area is 165 Å². The van der Waals surface area contributed by atoms with Crippen LogP contribution in [-0.2, 0) is 14.3 Å². The second kappa shape index (κ2) is 8.80. The molecule has 1 aromatic heterocycles. The van der Waals surface area contributed by atoms with Gasteiger partial charge in [0.15, 0.2) is 6.61 Å². The molecule has 0 radical (unpaired) electrons. The topological polar surface area (TPSA) is 88.7 Å². The summed E-state index contributed by atoms with van der Waals surface area (Å²) in [5.74, 6) is -0.638. The fraction of sp³-hybridized carbons (Fsp3) is 0.667. The third kappa shape index (κ3) is 4.08. The van der Waals surface area contributed by atoms with Crippen LogP contribution in [-0.4, -0.2) is 53.5 Å². The molecule has 2 fully saturated rings. The molecule has 7 nitrogen and oxygen atoms in total. The summed E-state index contributed by atoms with van der Waals surface area (Å²) in [6, 6.07) is 0.290. The molecule has 1 aliphatic carbocycles. The first-order valence-corrected chi connectivity index (χ1v) is 10.3. The van der Waals surface area contributed by atoms with Crippen LogP contribution in [0, 0.1) is 19.8 Å². The Morgan fingerprint density at radius 2 is 1.75 bits per heavy atom. The molecule has 2 atom stereocenters. The molecule has 1 saturated carbocycles. The average molecular weight is 390 g/mol. The van der Waals surface area contributed by atoms with E-state index in [0.29, 0.717) is 28.8 Å². The normalized spacial score (nSPS) is 21.8. The molecule has 1 N–H and O–H groups in total. The number of rotatable bonds is 5. The zero-order valence-corrected chi connectivity index (χ0v) is 17.0. The fourth-order valence-corrected chi connectivity index (χ4v) is 4.68. The maximum Gasteiger partial charge on any atom is 0.355 e. The van der Waals surface area contributed by atoms with E-state index in [-0.39, 0.29) is 24.8 Å². The van der Waals surface area contributed by atoms with Crippen LogP contribution in [0.15, 0.2) is 0 Å². The minimum atomic E-state index is -0.623. The predicted octanol–water partition coefficient (Wildman–Crippen LogP) is 3.15. The standard InChI is InChI=1S/C21H30N2O5/c1-4-27-20(25)18-13(2)19(22-14(18)3)21(26)28-12-17(24)23-11-7-9-15-8-5-6-10-16(15)23/h15-16,22H,4-12H2,1-3H3/t15-,16+/m1/s1. The Bertz CT molecular complexity index is 752. The van der Waals surface area contributed by atoms with Gasteiger partial charge in [-0.3, -0.25) is 4.79 Å². The van der Waals surface area contributed by atoms with E-state index >= 15 is 0 Å². The quantitative estimate of drug-likeness (QED) is 0.780. The van der Waals surface area contributed by atoms with E-state index in [9.17, 15) is 14.4 Å². The monoisotopic (exact) mass is 390 g/mol. The van der Waals surface area contributed by atoms with Crippen LogP contribution in [0.5, 0.6) is 0 Å². The van der Waals surface area contributed by atoms with Crippen molar-refractivity contribution in [2.75, 3.05) is 19.8 Å². The summed E-state index contributed by atoms with van der Waals surface area (Å²) in [4.78, 5) is 42.1. The van der Waals surface area contributed by atoms with Gasteiger partial charge in [0, 0.05) is 18.3 Å². The van der Waals surface area contributed by atoms with E-state index in [4.69, 9.17) is 9.47 Å². The molecular formula is C21H30N2O5. The highest BCUT2D eigenvalue weighted by Crippen LogP contribution is 2.35. The lowest BCUT2D eigenvalue weighted by Crippen LogP contribution is -2.50. The van der Waals surface area contributed by atoms with E-state index in [1.165, 1.54) is 19.3 Å². The van der Waals surface area contributed by atoms with Crippen LogP contribution >= 0.6 is 0 Å². The van der Waals surface area contributed by atoms with Crippen LogP contribution in [0.3, 0.4) is 0 Å². The summed E-state index contributed by atoms with van der Waals surface area (Å²) in [6.07, 6.45) is 6.83. The fourth-order valence-electron chi connectivity index (χ4n) is 4.68. The van der Waals surface area contributed by atoms with Crippen molar-refractivity contribution in [1.29, 1.82) is 0 Å². The van der Waals surface area contributed by atoms with Crippen molar-refractivity contribution in [2.24, 2.45) is 5.92 Å². The van der Waals surface area contributed by atoms with Gasteiger partial charge < -0.3 is 19.4 Å². The number of hydrogen-bond donors (Lipinski definition) is 1. The minimum absolute atomic E-state index is 0.128. The van der Waals surface area contributed by atoms with Gasteiger partial charge in [0.05, 0.1) is 12.2 Å². The second-order valence-corrected chi connectivity index (χ2v) is 7.76. The smallest absolute Gasteiger partial charge is 0.355 e. The number of aromatic amines is 1. The van der Waals surface area contributed by atoms with Crippen molar-refractivity contribution in [3.63, 3.8) is 0 Å². The van der Waals surface area contributed by atoms with Crippen molar-refractivity contribution < 1.29 is 23.9 Å². The summed E-state index contributed by atoms with van der Waals surface area (Å²) in [6.45, 7) is 5.84. The lowest BCUT2D eigenvalue weighted by Gasteiger charge is -2.44. The highest BCUT2D eigenvalue weighted by molar-refractivity contribution is 5.99. The molecule has 7 heteroatoms. The number of amides is 1. The molecule has 1 amide bonds. The summed E-state index contributed by atoms with van der Waals surface area (Å²) in [7, 11) is 0. The van der Waals surface area contributed by atoms with Crippen molar-refractivity contribution in [2.45, 2.75) is 65.3 Å². The SMILES string of the molecule is CCOC(=O)c1c(C)[nH]c(C(=O)OCC(=O)N2CCC[C@H]3CCCC[C@@H]32)c1C. The number of fused-ring (bicyclic) bond motifs is 1. The number of aromatic nitrogens is 1. The van der Waals surface area contributed by atoms with E-state index < -0.39 is 11.9 Å². The largest absolute Gasteiger partial charge is 0.462 e. The number of hydrogen-bond acceptors (Lipinski definition) is 5. The van der Waals surface area contributed by atoms with Gasteiger partial charge in [0.25, 0.3) is 5.91 Å². The molecule has 154 valence electrons. The lowest BCUT2D eigenvalue weighted by atomic mass is 9.78. The number of piperidine rings is 1. The Morgan fingerprint density at radius 3 is 2.50 bits per heavy atom. The van der Waals surface area contributed by atoms with Gasteiger partial charge >= 0.3 is 11.9 Å². The van der Waals surface area contributed by atoms with Gasteiger partial charge in [0.2, 0.25) is 0 Å². The van der Waals surface area contributed by atoms with E-state index in [2.05, 4.69) is 4.98 Å². The number of nitrogens with one attached hydrogen (secondary N) is 1. The zero-order chi connectivity index (χ0) is 20.3. The highest BCUT2D eigenvalue weighted by atomic mass is 16.5. The minimum Gasteiger partial charge on any atom is -0.462 e. The number of carbonyl (C=O) groups excluding carboxylic acids is 3. The van der Waals surface area contributed by atoms with Gasteiger partial charge in [-0.15, -0.1) is 0 Å². The molecule has 2 heterocycles. The second-order valence-electron chi connectivity index (χ2n) is 7.76. The number of aryl methyl sites for hydroxylation is 1. The van der Waals surface area contributed by atoms with Gasteiger partial charge in [-0.05, 0) is 57.9 Å². The maximum absolute atomic E-state index is 12.7. The number of H-pyrrole nitrogens is 1. The third-order valence-corrected chi connectivity index (χ3v) is 6.01. The number of likely N-dealkylation sites (tertiary alicyclic amines) is 1. The van der Waals surface area contributed by atoms with Crippen molar-refractivity contribution in [3.05, 3.63) is 22.5 Å². The summed E-state index contributed by atoms with van der Waals surface area (Å²) in [5, 5.41) is 0. The van der Waals surface area contributed by atoms with Crippen LogP contribution < -0.4 is 0 Å². The molecule has 0 aromatic carbocycles. The molecule has 1 saturated heterocycles. The molecule has 0 unspecified atom stereocenters. The highest BCUT2D eigenvalue weighted by Gasteiger charge is 2.36. The number of ether oxygens (including phenoxy) is 2. The average Bonchev–Trinajstić information content (AvgIpc) is 2.99. The molecule has 28 heavy (non-hydrogen) atoms. The van der Waals surface area contributed by atoms with Crippen molar-refractivity contribution in [3.8, 4) is 0 Å². The van der Waals surface area contributed by atoms with Gasteiger partial charge in [-0.1, -0.05) is 12.8 Å². The lowest BCUT2D eigenvalue weighted by molar-refractivity contribution is -0.140. The molecular weight excluding hydrogens is 360 g/mol. The van der Waals surface area contributed by atoms with E-state index in [1.807, 2.05) is 4.90 Å². The Hall–Kier alpha value is -2.31. The van der Waals surface area contributed by atoms with Crippen LogP contribution in [0.1, 0.15) is 77.6 Å². The third-order valence-electron chi connectivity index (χ3n) is 6.01. The Balaban J connectivity index is 1.63. The van der Waals surface area contributed by atoms with Crippen molar-refractivity contribution >= 4 is 17.8 Å². The van der Waals surface area contributed by atoms with Crippen LogP contribution in [0.4, 0.5) is 0 Å². The summed E-state index contributed by atoms with van der Waals surface area (Å²) >= 11 is 0. The first kappa shape index (κ1) is 20.4. The number of carbonyl (C=O) groups is 3. The zero-order valence-electron chi connectivity index (χ0n) is 17.0. The molecule has 1 aliphatic heterocycles. The van der Waals surface area contributed by atoms with E-state index in [0.717, 1.165) is 25.8 Å². The van der Waals surface area contributed by atoms with Crippen LogP contribution in [0.2, 0.25) is 0 Å². The van der Waals surface area contributed by atoms with Crippen molar-refractivity contribution in [1.82, 2.24) is 9.88 Å². The summed E-state index contributed by atoms with van der Waals surface area (Å²) in [5.41, 5.74) is 1.58. The van der Waals surface area contributed by atoms with E-state index in [1.54, 1.807) is 20.8 Å². The first-order chi connectivity index (χ1) is 13.4. The van der Waals surface area contributed by atoms with Gasteiger partial charge in [-0.25, -0.2) is 9.59 Å². The number of nitrogens with zero attached hydrogens (tertiary/aromatic N) is 1. The maximum atomic E-state index is 12.7. The first-order valence-electron chi connectivity index (χ1n) is 10.3. The molecule has 0 bridgehead atoms. The molecule has 3 rings (SSSR count). The molecule has 1 aromatic rings. The Kier molecular flexibility index (Phi) is 6.42. The predicted molar refractivity (Wildman–Crippen MR) is 103 cm³/mol. The molecule has 2 aliphatic rings. The number of esters is 2. The Morgan fingerprint density at radius 1 is 1.04 bits per heavy atom.